The normalized spacial score (nSPS) is 9.95. The Kier molecular flexibility index (Phi) is 4.47. The molecule has 5 nitrogen and oxygen atoms in total. The average Bonchev–Trinajstić information content (AvgIpc) is 2.49. The van der Waals surface area contributed by atoms with Gasteiger partial charge < -0.3 is 4.84 Å². The van der Waals surface area contributed by atoms with Gasteiger partial charge >= 0.3 is 6.09 Å². The van der Waals surface area contributed by atoms with E-state index in [0.717, 1.165) is 11.4 Å². The number of para-hydroxylation sites is 1. The van der Waals surface area contributed by atoms with Gasteiger partial charge in [0.25, 0.3) is 0 Å². The molecule has 1 amide bonds. The maximum Gasteiger partial charge on any atom is 0.433 e. The van der Waals surface area contributed by atoms with E-state index in [-0.39, 0.29) is 0 Å². The summed E-state index contributed by atoms with van der Waals surface area (Å²) in [6, 6.07) is 14.9. The molecule has 98 valence electrons. The van der Waals surface area contributed by atoms with Gasteiger partial charge in [0, 0.05) is 30.5 Å². The molecule has 0 aliphatic carbocycles. The minimum absolute atomic E-state index is 0.455. The number of nitrogens with zero attached hydrogens (tertiary/aromatic N) is 2. The van der Waals surface area contributed by atoms with Crippen molar-refractivity contribution in [2.24, 2.45) is 5.90 Å². The van der Waals surface area contributed by atoms with Crippen molar-refractivity contribution in [3.8, 4) is 0 Å². The molecule has 5 heteroatoms. The quantitative estimate of drug-likeness (QED) is 0.852. The zero-order chi connectivity index (χ0) is 13.5. The number of nitrogens with two attached hydrogens (primary N) is 1. The molecule has 0 aliphatic rings. The second-order valence-corrected chi connectivity index (χ2v) is 3.94. The smallest absolute Gasteiger partial charge is 0.356 e. The molecule has 2 rings (SSSR count). The summed E-state index contributed by atoms with van der Waals surface area (Å²) in [5, 5.41) is 0. The number of hydrogen-bond acceptors (Lipinski definition) is 4. The summed E-state index contributed by atoms with van der Waals surface area (Å²) in [4.78, 5) is 21.7. The Bertz CT molecular complexity index is 517. The number of pyridine rings is 1. The maximum atomic E-state index is 11.7. The molecule has 19 heavy (non-hydrogen) atoms. The average molecular weight is 257 g/mol. The molecule has 0 bridgehead atoms. The lowest BCUT2D eigenvalue weighted by Crippen LogP contribution is -2.35. The third kappa shape index (κ3) is 3.53. The van der Waals surface area contributed by atoms with Crippen molar-refractivity contribution >= 4 is 11.8 Å². The van der Waals surface area contributed by atoms with Gasteiger partial charge in [-0.1, -0.05) is 24.3 Å². The van der Waals surface area contributed by atoms with Crippen LogP contribution in [-0.4, -0.2) is 17.6 Å². The zero-order valence-electron chi connectivity index (χ0n) is 10.4. The first kappa shape index (κ1) is 13.0. The Balaban J connectivity index is 2.09. The Labute approximate surface area is 111 Å². The summed E-state index contributed by atoms with van der Waals surface area (Å²) in [6.45, 7) is 0.455. The summed E-state index contributed by atoms with van der Waals surface area (Å²) in [6.07, 6.45) is 1.77. The second-order valence-electron chi connectivity index (χ2n) is 3.94. The minimum Gasteiger partial charge on any atom is -0.356 e. The second kappa shape index (κ2) is 6.51. The van der Waals surface area contributed by atoms with Crippen LogP contribution in [0.3, 0.4) is 0 Å². The van der Waals surface area contributed by atoms with Crippen molar-refractivity contribution in [1.82, 2.24) is 4.98 Å². The van der Waals surface area contributed by atoms with E-state index < -0.39 is 6.09 Å². The van der Waals surface area contributed by atoms with Crippen molar-refractivity contribution in [1.29, 1.82) is 0 Å². The molecule has 0 saturated heterocycles. The third-order valence-corrected chi connectivity index (χ3v) is 2.71. The number of rotatable bonds is 4. The molecule has 1 aromatic heterocycles. The summed E-state index contributed by atoms with van der Waals surface area (Å²) >= 11 is 0. The predicted molar refractivity (Wildman–Crippen MR) is 72.4 cm³/mol. The number of hydrogen-bond donors (Lipinski definition) is 1. The number of benzene rings is 1. The highest BCUT2D eigenvalue weighted by molar-refractivity contribution is 5.87. The van der Waals surface area contributed by atoms with Crippen LogP contribution in [0, 0.1) is 0 Å². The highest BCUT2D eigenvalue weighted by Gasteiger charge is 2.16. The van der Waals surface area contributed by atoms with Crippen molar-refractivity contribution in [3.05, 3.63) is 60.4 Å². The first-order chi connectivity index (χ1) is 9.31. The van der Waals surface area contributed by atoms with Crippen LogP contribution in [0.5, 0.6) is 0 Å². The summed E-state index contributed by atoms with van der Waals surface area (Å²) < 4.78 is 0. The van der Waals surface area contributed by atoms with Gasteiger partial charge in [0.05, 0.1) is 0 Å². The van der Waals surface area contributed by atoms with Crippen LogP contribution in [0.4, 0.5) is 10.5 Å². The molecular weight excluding hydrogens is 242 g/mol. The standard InChI is InChI=1S/C14H15N3O2/c15-19-14(18)17(13-7-2-1-3-8-13)11-9-12-6-4-5-10-16-12/h1-8,10H,9,11,15H2. The minimum atomic E-state index is -0.581. The lowest BCUT2D eigenvalue weighted by Gasteiger charge is -2.20. The van der Waals surface area contributed by atoms with Crippen LogP contribution in [0.1, 0.15) is 5.69 Å². The third-order valence-electron chi connectivity index (χ3n) is 2.71. The molecule has 0 radical (unpaired) electrons. The van der Waals surface area contributed by atoms with E-state index in [0.29, 0.717) is 13.0 Å². The monoisotopic (exact) mass is 257 g/mol. The first-order valence-corrected chi connectivity index (χ1v) is 5.94. The highest BCUT2D eigenvalue weighted by atomic mass is 16.7. The van der Waals surface area contributed by atoms with Gasteiger partial charge in [0.15, 0.2) is 0 Å². The Morgan fingerprint density at radius 2 is 1.89 bits per heavy atom. The number of anilines is 1. The van der Waals surface area contributed by atoms with E-state index >= 15 is 0 Å². The lowest BCUT2D eigenvalue weighted by molar-refractivity contribution is 0.155. The maximum absolute atomic E-state index is 11.7. The van der Waals surface area contributed by atoms with Crippen LogP contribution in [-0.2, 0) is 11.3 Å². The number of carbonyl (C=O) groups excluding carboxylic acids is 1. The van der Waals surface area contributed by atoms with E-state index in [2.05, 4.69) is 9.82 Å². The molecule has 0 spiro atoms. The molecule has 1 heterocycles. The molecule has 2 N–H and O–H groups in total. The van der Waals surface area contributed by atoms with Crippen LogP contribution in [0.15, 0.2) is 54.7 Å². The van der Waals surface area contributed by atoms with Crippen LogP contribution in [0.25, 0.3) is 0 Å². The molecule has 1 aromatic carbocycles. The fourth-order valence-electron chi connectivity index (χ4n) is 1.77. The number of aromatic nitrogens is 1. The first-order valence-electron chi connectivity index (χ1n) is 5.94. The van der Waals surface area contributed by atoms with E-state index in [4.69, 9.17) is 5.90 Å². The predicted octanol–water partition coefficient (Wildman–Crippen LogP) is 2.14. The van der Waals surface area contributed by atoms with Crippen LogP contribution in [0.2, 0.25) is 0 Å². The topological polar surface area (TPSA) is 68.5 Å². The van der Waals surface area contributed by atoms with Crippen molar-refractivity contribution in [2.75, 3.05) is 11.4 Å². The van der Waals surface area contributed by atoms with E-state index in [1.54, 1.807) is 6.20 Å². The van der Waals surface area contributed by atoms with Crippen LogP contribution < -0.4 is 10.8 Å². The molecule has 2 aromatic rings. The molecule has 0 atom stereocenters. The van der Waals surface area contributed by atoms with Gasteiger partial charge in [-0.15, -0.1) is 0 Å². The van der Waals surface area contributed by atoms with E-state index in [1.807, 2.05) is 48.5 Å². The van der Waals surface area contributed by atoms with E-state index in [9.17, 15) is 4.79 Å². The Morgan fingerprint density at radius 1 is 1.16 bits per heavy atom. The highest BCUT2D eigenvalue weighted by Crippen LogP contribution is 2.14. The fourth-order valence-corrected chi connectivity index (χ4v) is 1.77. The summed E-state index contributed by atoms with van der Waals surface area (Å²) in [5.41, 5.74) is 1.65. The number of amides is 1. The van der Waals surface area contributed by atoms with Gasteiger partial charge in [0.2, 0.25) is 0 Å². The van der Waals surface area contributed by atoms with Gasteiger partial charge in [0.1, 0.15) is 0 Å². The molecule has 0 saturated carbocycles. The van der Waals surface area contributed by atoms with Gasteiger partial charge in [-0.25, -0.2) is 4.79 Å². The lowest BCUT2D eigenvalue weighted by atomic mass is 10.2. The SMILES string of the molecule is NOC(=O)N(CCc1ccccn1)c1ccccc1. The molecule has 0 aliphatic heterocycles. The zero-order valence-corrected chi connectivity index (χ0v) is 10.4. The summed E-state index contributed by atoms with van der Waals surface area (Å²) in [7, 11) is 0. The number of carbonyl (C=O) groups is 1. The Hall–Kier alpha value is -2.40. The van der Waals surface area contributed by atoms with Gasteiger partial charge in [-0.2, -0.15) is 5.90 Å². The van der Waals surface area contributed by atoms with Crippen molar-refractivity contribution < 1.29 is 9.63 Å². The van der Waals surface area contributed by atoms with Crippen LogP contribution >= 0.6 is 0 Å². The van der Waals surface area contributed by atoms with Gasteiger partial charge in [-0.05, 0) is 24.3 Å². The molecule has 0 unspecified atom stereocenters. The van der Waals surface area contributed by atoms with Crippen molar-refractivity contribution in [2.45, 2.75) is 6.42 Å². The molecular formula is C14H15N3O2. The van der Waals surface area contributed by atoms with E-state index in [1.165, 1.54) is 4.90 Å². The van der Waals surface area contributed by atoms with Crippen molar-refractivity contribution in [3.63, 3.8) is 0 Å². The fraction of sp³-hybridized carbons (Fsp3) is 0.143. The van der Waals surface area contributed by atoms with Gasteiger partial charge in [-0.3, -0.25) is 9.88 Å². The molecule has 0 fully saturated rings. The summed E-state index contributed by atoms with van der Waals surface area (Å²) in [5.74, 6) is 4.97. The Morgan fingerprint density at radius 3 is 2.53 bits per heavy atom. The largest absolute Gasteiger partial charge is 0.433 e.